The number of hydrazone groups is 1. The van der Waals surface area contributed by atoms with Crippen molar-refractivity contribution < 1.29 is 38.2 Å². The zero-order valence-corrected chi connectivity index (χ0v) is 30.3. The van der Waals surface area contributed by atoms with Crippen LogP contribution in [0.2, 0.25) is 0 Å². The van der Waals surface area contributed by atoms with Crippen LogP contribution in [0.3, 0.4) is 0 Å². The number of esters is 3. The Balaban J connectivity index is 0.000000351. The number of amidine groups is 1. The Morgan fingerprint density at radius 2 is 1.24 bits per heavy atom. The zero-order chi connectivity index (χ0) is 37.7. The third-order valence-corrected chi connectivity index (χ3v) is 7.20. The van der Waals surface area contributed by atoms with Crippen LogP contribution in [-0.2, 0) is 43.6 Å². The number of carbonyl (C=O) groups excluding carboxylic acids is 5. The molecule has 3 aliphatic carbocycles. The summed E-state index contributed by atoms with van der Waals surface area (Å²) in [7, 11) is 0. The van der Waals surface area contributed by atoms with Gasteiger partial charge in [0.1, 0.15) is 22.6 Å². The van der Waals surface area contributed by atoms with E-state index >= 15 is 0 Å². The van der Waals surface area contributed by atoms with Crippen molar-refractivity contribution in [2.75, 3.05) is 0 Å². The Labute approximate surface area is 288 Å². The highest BCUT2D eigenvalue weighted by molar-refractivity contribution is 6.09. The monoisotopic (exact) mass is 687 g/mol. The number of nitrogens with zero attached hydrogens (tertiary/aromatic N) is 5. The number of aromatic nitrogens is 3. The summed E-state index contributed by atoms with van der Waals surface area (Å²) in [6.45, 7) is 16.6. The standard InChI is InChI=1S/C12H17N3O2.C10H19N3O2.C10H15NO2.C2H2O2/c1-11(2,3)17-9(16)8-12(4-5-12)10-13-6-7-14-15-10;1-9(2,3)15-7(14)6-10(4-5-10)8(11)13-12;1-9(2,3)13-8(12)6-10(7-11)4-5-10;3-1-2-4/h6-7H,4-5,8H2,1-3H3;4-6,12H2,1-3H3,(H2,11,13);4-6H2,1-3H3;1-2H. The van der Waals surface area contributed by atoms with E-state index < -0.39 is 16.8 Å². The third kappa shape index (κ3) is 17.0. The number of hydrogen-bond donors (Lipinski definition) is 2. The topological polar surface area (TPSA) is 240 Å². The molecule has 3 fully saturated rings. The Bertz CT molecular complexity index is 1350. The molecular formula is C34H53N7O8. The molecule has 15 nitrogen and oxygen atoms in total. The molecule has 3 aliphatic rings. The second-order valence-corrected chi connectivity index (χ2v) is 15.5. The molecule has 0 aromatic carbocycles. The molecule has 0 unspecified atom stereocenters. The van der Waals surface area contributed by atoms with Gasteiger partial charge in [-0.25, -0.2) is 4.98 Å². The molecule has 1 heterocycles. The van der Waals surface area contributed by atoms with Crippen molar-refractivity contribution in [1.82, 2.24) is 15.2 Å². The van der Waals surface area contributed by atoms with Crippen LogP contribution in [0.15, 0.2) is 17.5 Å². The summed E-state index contributed by atoms with van der Waals surface area (Å²) in [5.74, 6) is 5.43. The summed E-state index contributed by atoms with van der Waals surface area (Å²) in [5.41, 5.74) is 3.37. The van der Waals surface area contributed by atoms with Gasteiger partial charge in [0.25, 0.3) is 0 Å². The molecule has 49 heavy (non-hydrogen) atoms. The van der Waals surface area contributed by atoms with Gasteiger partial charge in [0, 0.05) is 17.0 Å². The Kier molecular flexibility index (Phi) is 15.0. The number of nitrogens with two attached hydrogens (primary N) is 2. The van der Waals surface area contributed by atoms with Gasteiger partial charge in [-0.1, -0.05) is 0 Å². The minimum Gasteiger partial charge on any atom is -0.460 e. The molecule has 4 N–H and O–H groups in total. The fourth-order valence-corrected chi connectivity index (χ4v) is 4.37. The first-order chi connectivity index (χ1) is 22.5. The second-order valence-electron chi connectivity index (χ2n) is 15.5. The first kappa shape index (κ1) is 42.5. The van der Waals surface area contributed by atoms with E-state index in [1.807, 2.05) is 62.3 Å². The van der Waals surface area contributed by atoms with Gasteiger partial charge < -0.3 is 25.8 Å². The lowest BCUT2D eigenvalue weighted by Gasteiger charge is -2.21. The second kappa shape index (κ2) is 17.3. The molecule has 3 saturated carbocycles. The average molecular weight is 688 g/mol. The molecule has 1 aromatic heterocycles. The summed E-state index contributed by atoms with van der Waals surface area (Å²) in [5, 5.41) is 20.0. The summed E-state index contributed by atoms with van der Waals surface area (Å²) in [6.07, 6.45) is 9.65. The normalized spacial score (nSPS) is 17.6. The maximum atomic E-state index is 11.8. The van der Waals surface area contributed by atoms with Gasteiger partial charge in [-0.3, -0.25) is 24.0 Å². The fraction of sp³-hybridized carbons (Fsp3) is 0.706. The van der Waals surface area contributed by atoms with Crippen molar-refractivity contribution in [1.29, 1.82) is 5.26 Å². The Hall–Kier alpha value is -4.48. The average Bonchev–Trinajstić information content (AvgIpc) is 3.86. The molecule has 0 radical (unpaired) electrons. The highest BCUT2D eigenvalue weighted by atomic mass is 16.6. The zero-order valence-electron chi connectivity index (χ0n) is 30.3. The van der Waals surface area contributed by atoms with Crippen LogP contribution >= 0.6 is 0 Å². The van der Waals surface area contributed by atoms with Gasteiger partial charge >= 0.3 is 17.9 Å². The van der Waals surface area contributed by atoms with Gasteiger partial charge in [-0.2, -0.15) is 15.5 Å². The van der Waals surface area contributed by atoms with Gasteiger partial charge in [-0.15, -0.1) is 5.10 Å². The van der Waals surface area contributed by atoms with E-state index in [1.54, 1.807) is 6.20 Å². The van der Waals surface area contributed by atoms with Crippen molar-refractivity contribution in [2.45, 2.75) is 142 Å². The molecule has 0 bridgehead atoms. The molecule has 0 atom stereocenters. The highest BCUT2D eigenvalue weighted by Crippen LogP contribution is 2.50. The van der Waals surface area contributed by atoms with Gasteiger partial charge in [0.2, 0.25) is 0 Å². The predicted molar refractivity (Wildman–Crippen MR) is 179 cm³/mol. The maximum Gasteiger partial charge on any atom is 0.307 e. The summed E-state index contributed by atoms with van der Waals surface area (Å²) >= 11 is 0. The molecule has 15 heteroatoms. The molecule has 272 valence electrons. The number of carbonyl (C=O) groups is 5. The molecule has 0 saturated heterocycles. The minimum atomic E-state index is -0.457. The van der Waals surface area contributed by atoms with E-state index in [0.29, 0.717) is 18.1 Å². The number of hydrogen-bond acceptors (Lipinski definition) is 14. The smallest absolute Gasteiger partial charge is 0.307 e. The number of ether oxygens (including phenoxy) is 3. The van der Waals surface area contributed by atoms with Gasteiger partial charge in [-0.05, 0) is 101 Å². The maximum absolute atomic E-state index is 11.8. The minimum absolute atomic E-state index is 0.192. The molecule has 4 rings (SSSR count). The first-order valence-corrected chi connectivity index (χ1v) is 16.1. The molecule has 1 aromatic rings. The van der Waals surface area contributed by atoms with Crippen molar-refractivity contribution in [3.05, 3.63) is 18.2 Å². The summed E-state index contributed by atoms with van der Waals surface area (Å²) < 4.78 is 15.7. The SMILES string of the molecule is CC(C)(C)OC(=O)CC1(C#N)CC1.CC(C)(C)OC(=O)CC1(C(N)=NN)CC1.CC(C)(C)OC(=O)CC1(c2nccnn2)CC1.O=CC=O. The van der Waals surface area contributed by atoms with Gasteiger partial charge in [0.15, 0.2) is 18.4 Å². The number of rotatable bonds is 9. The van der Waals surface area contributed by atoms with Crippen molar-refractivity contribution in [3.8, 4) is 6.07 Å². The Morgan fingerprint density at radius 3 is 1.55 bits per heavy atom. The largest absolute Gasteiger partial charge is 0.460 e. The van der Waals surface area contributed by atoms with Crippen LogP contribution in [0, 0.1) is 22.2 Å². The van der Waals surface area contributed by atoms with Crippen LogP contribution < -0.4 is 11.6 Å². The van der Waals surface area contributed by atoms with Crippen molar-refractivity contribution >= 4 is 36.3 Å². The lowest BCUT2D eigenvalue weighted by atomic mass is 10.0. The van der Waals surface area contributed by atoms with Gasteiger partial charge in [0.05, 0.1) is 36.9 Å². The van der Waals surface area contributed by atoms with Crippen LogP contribution in [-0.4, -0.2) is 68.3 Å². The van der Waals surface area contributed by atoms with Crippen LogP contribution in [0.5, 0.6) is 0 Å². The lowest BCUT2D eigenvalue weighted by Crippen LogP contribution is -2.32. The van der Waals surface area contributed by atoms with Crippen LogP contribution in [0.1, 0.15) is 126 Å². The van der Waals surface area contributed by atoms with E-state index in [-0.39, 0.29) is 59.6 Å². The summed E-state index contributed by atoms with van der Waals surface area (Å²) in [4.78, 5) is 56.4. The number of aldehydes is 2. The highest BCUT2D eigenvalue weighted by Gasteiger charge is 2.50. The lowest BCUT2D eigenvalue weighted by molar-refractivity contribution is -0.156. The van der Waals surface area contributed by atoms with Crippen LogP contribution in [0.4, 0.5) is 0 Å². The quantitative estimate of drug-likeness (QED) is 0.0549. The van der Waals surface area contributed by atoms with E-state index in [4.69, 9.17) is 40.6 Å². The van der Waals surface area contributed by atoms with E-state index in [2.05, 4.69) is 26.4 Å². The molecular weight excluding hydrogens is 634 g/mol. The van der Waals surface area contributed by atoms with E-state index in [1.165, 1.54) is 6.20 Å². The van der Waals surface area contributed by atoms with E-state index in [9.17, 15) is 14.4 Å². The summed E-state index contributed by atoms with van der Waals surface area (Å²) in [6, 6.07) is 2.17. The molecule has 0 spiro atoms. The molecule has 0 amide bonds. The first-order valence-electron chi connectivity index (χ1n) is 16.1. The van der Waals surface area contributed by atoms with E-state index in [0.717, 1.165) is 38.5 Å². The number of nitriles is 1. The third-order valence-electron chi connectivity index (χ3n) is 7.20. The van der Waals surface area contributed by atoms with Crippen LogP contribution in [0.25, 0.3) is 0 Å². The molecule has 0 aliphatic heterocycles. The predicted octanol–water partition coefficient (Wildman–Crippen LogP) is 3.77. The fourth-order valence-electron chi connectivity index (χ4n) is 4.37. The van der Waals surface area contributed by atoms with Crippen molar-refractivity contribution in [3.63, 3.8) is 0 Å². The Morgan fingerprint density at radius 1 is 0.796 bits per heavy atom. The van der Waals surface area contributed by atoms with Crippen molar-refractivity contribution in [2.24, 2.45) is 27.5 Å².